The van der Waals surface area contributed by atoms with Crippen molar-refractivity contribution >= 4 is 33.5 Å². The molecular formula is C32H34F3N7O3. The lowest BCUT2D eigenvalue weighted by atomic mass is 10.1. The molecule has 3 atom stereocenters. The van der Waals surface area contributed by atoms with E-state index in [0.29, 0.717) is 15.3 Å². The average molecular weight is 622 g/mol. The van der Waals surface area contributed by atoms with Crippen molar-refractivity contribution in [2.75, 3.05) is 38.2 Å². The molecule has 4 aromatic rings. The molecule has 10 nitrogen and oxygen atoms in total. The fourth-order valence-corrected chi connectivity index (χ4v) is 6.50. The molecule has 0 radical (unpaired) electrons. The van der Waals surface area contributed by atoms with Crippen molar-refractivity contribution in [3.05, 3.63) is 71.3 Å². The number of anilines is 1. The quantitative estimate of drug-likeness (QED) is 0.292. The number of halogens is 3. The minimum Gasteiger partial charge on any atom is -0.462 e. The lowest BCUT2D eigenvalue weighted by Gasteiger charge is -2.45. The van der Waals surface area contributed by atoms with E-state index in [1.54, 1.807) is 46.2 Å². The van der Waals surface area contributed by atoms with Gasteiger partial charge in [0.05, 0.1) is 5.69 Å². The maximum atomic E-state index is 14.8. The molecule has 2 aliphatic heterocycles. The van der Waals surface area contributed by atoms with Crippen LogP contribution in [0.25, 0.3) is 27.5 Å². The maximum absolute atomic E-state index is 14.8. The predicted molar refractivity (Wildman–Crippen MR) is 165 cm³/mol. The first kappa shape index (κ1) is 30.5. The molecule has 1 amide bonds. The van der Waals surface area contributed by atoms with E-state index in [9.17, 15) is 22.8 Å². The van der Waals surface area contributed by atoms with Gasteiger partial charge in [0.15, 0.2) is 11.3 Å². The number of ether oxygens (including phenoxy) is 1. The number of nitrogens with zero attached hydrogens (tertiary/aromatic N) is 7. The SMILES string of the molecule is C=CC(=O)N1C[C@H](C)N(c2nc(OC[C@@H]3CCCN3C)nc3c(=O)n(-c4cccc5ccccc45)c(C(F)(F)F)nc23)[C@@H](C)C1. The van der Waals surface area contributed by atoms with Crippen LogP contribution in [0.5, 0.6) is 6.01 Å². The molecule has 0 unspecified atom stereocenters. The summed E-state index contributed by atoms with van der Waals surface area (Å²) in [5.74, 6) is -1.59. The van der Waals surface area contributed by atoms with Crippen LogP contribution in [0.4, 0.5) is 19.0 Å². The first-order valence-electron chi connectivity index (χ1n) is 14.9. The van der Waals surface area contributed by atoms with Crippen molar-refractivity contribution in [2.45, 2.75) is 51.0 Å². The Labute approximate surface area is 257 Å². The lowest BCUT2D eigenvalue weighted by Crippen LogP contribution is -2.58. The number of carbonyl (C=O) groups is 1. The first-order chi connectivity index (χ1) is 21.5. The monoisotopic (exact) mass is 621 g/mol. The van der Waals surface area contributed by atoms with Gasteiger partial charge in [-0.1, -0.05) is 43.0 Å². The van der Waals surface area contributed by atoms with Gasteiger partial charge in [0, 0.05) is 36.6 Å². The number of fused-ring (bicyclic) bond motifs is 2. The van der Waals surface area contributed by atoms with Gasteiger partial charge in [-0.2, -0.15) is 23.1 Å². The van der Waals surface area contributed by atoms with E-state index in [1.807, 2.05) is 20.9 Å². The van der Waals surface area contributed by atoms with Crippen LogP contribution < -0.4 is 15.2 Å². The lowest BCUT2D eigenvalue weighted by molar-refractivity contribution is -0.146. The Morgan fingerprint density at radius 1 is 1.04 bits per heavy atom. The smallest absolute Gasteiger partial charge is 0.450 e. The zero-order chi connectivity index (χ0) is 32.0. The van der Waals surface area contributed by atoms with Crippen LogP contribution in [0, 0.1) is 0 Å². The summed E-state index contributed by atoms with van der Waals surface area (Å²) in [6, 6.07) is 10.9. The number of alkyl halides is 3. The van der Waals surface area contributed by atoms with E-state index >= 15 is 0 Å². The van der Waals surface area contributed by atoms with Crippen molar-refractivity contribution < 1.29 is 22.7 Å². The number of rotatable bonds is 6. The Balaban J connectivity index is 1.58. The predicted octanol–water partition coefficient (Wildman–Crippen LogP) is 4.43. The van der Waals surface area contributed by atoms with Crippen molar-refractivity contribution in [3.63, 3.8) is 0 Å². The topological polar surface area (TPSA) is 96.7 Å². The van der Waals surface area contributed by atoms with Crippen molar-refractivity contribution in [2.24, 2.45) is 0 Å². The summed E-state index contributed by atoms with van der Waals surface area (Å²) in [6.07, 6.45) is -1.84. The van der Waals surface area contributed by atoms with Gasteiger partial charge in [-0.3, -0.25) is 14.2 Å². The van der Waals surface area contributed by atoms with E-state index in [2.05, 4.69) is 26.4 Å². The van der Waals surface area contributed by atoms with Crippen molar-refractivity contribution in [1.82, 2.24) is 29.3 Å². The molecule has 2 aromatic heterocycles. The Hall–Kier alpha value is -4.52. The second-order valence-electron chi connectivity index (χ2n) is 11.7. The van der Waals surface area contributed by atoms with Crippen LogP contribution >= 0.6 is 0 Å². The van der Waals surface area contributed by atoms with Gasteiger partial charge in [0.2, 0.25) is 11.7 Å². The molecule has 2 aromatic carbocycles. The number of likely N-dealkylation sites (tertiary alicyclic amines) is 1. The van der Waals surface area contributed by atoms with Crippen LogP contribution in [0.2, 0.25) is 0 Å². The van der Waals surface area contributed by atoms with Crippen LogP contribution in [-0.4, -0.2) is 86.6 Å². The van der Waals surface area contributed by atoms with Crippen LogP contribution in [-0.2, 0) is 11.0 Å². The zero-order valence-corrected chi connectivity index (χ0v) is 25.3. The van der Waals surface area contributed by atoms with Gasteiger partial charge < -0.3 is 19.4 Å². The molecule has 0 bridgehead atoms. The standard InChI is InChI=1S/C32H34F3N7O3/c1-5-25(43)40-16-19(2)41(20(3)17-40)28-26-27(37-31(38-28)45-18-22-12-9-15-39(22)4)29(44)42(30(36-26)32(33,34)35)24-14-8-11-21-10-6-7-13-23(21)24/h5-8,10-11,13-14,19-20,22H,1,9,12,15-18H2,2-4H3/t19-,20-,22-/m0/s1. The van der Waals surface area contributed by atoms with E-state index in [-0.39, 0.29) is 72.3 Å². The molecule has 0 aliphatic carbocycles. The summed E-state index contributed by atoms with van der Waals surface area (Å²) in [5.41, 5.74) is -1.53. The molecular weight excluding hydrogens is 587 g/mol. The summed E-state index contributed by atoms with van der Waals surface area (Å²) in [5, 5.41) is 1.12. The highest BCUT2D eigenvalue weighted by atomic mass is 19.4. The number of hydrogen-bond donors (Lipinski definition) is 0. The fraction of sp³-hybridized carbons (Fsp3) is 0.406. The molecule has 236 valence electrons. The van der Waals surface area contributed by atoms with Crippen LogP contribution in [0.15, 0.2) is 59.9 Å². The molecule has 4 heterocycles. The van der Waals surface area contributed by atoms with E-state index in [0.717, 1.165) is 19.4 Å². The number of hydrogen-bond acceptors (Lipinski definition) is 8. The van der Waals surface area contributed by atoms with E-state index in [1.165, 1.54) is 12.1 Å². The molecule has 6 rings (SSSR count). The number of likely N-dealkylation sites (N-methyl/N-ethyl adjacent to an activating group) is 1. The number of carbonyl (C=O) groups excluding carboxylic acids is 1. The number of amides is 1. The molecule has 2 fully saturated rings. The number of piperazine rings is 1. The second kappa shape index (κ2) is 11.8. The number of aromatic nitrogens is 4. The summed E-state index contributed by atoms with van der Waals surface area (Å²) in [6.45, 7) is 8.94. The third-order valence-electron chi connectivity index (χ3n) is 8.67. The average Bonchev–Trinajstić information content (AvgIpc) is 3.43. The summed E-state index contributed by atoms with van der Waals surface area (Å²) in [7, 11) is 1.99. The highest BCUT2D eigenvalue weighted by Crippen LogP contribution is 2.35. The summed E-state index contributed by atoms with van der Waals surface area (Å²) in [4.78, 5) is 45.4. The minimum atomic E-state index is -4.99. The highest BCUT2D eigenvalue weighted by molar-refractivity contribution is 5.92. The Morgan fingerprint density at radius 3 is 2.42 bits per heavy atom. The minimum absolute atomic E-state index is 0.0355. The molecule has 2 saturated heterocycles. The van der Waals surface area contributed by atoms with Gasteiger partial charge in [-0.05, 0) is 57.8 Å². The summed E-state index contributed by atoms with van der Waals surface area (Å²) >= 11 is 0. The highest BCUT2D eigenvalue weighted by Gasteiger charge is 2.40. The van der Waals surface area contributed by atoms with E-state index in [4.69, 9.17) is 4.74 Å². The molecule has 0 N–H and O–H groups in total. The van der Waals surface area contributed by atoms with Crippen molar-refractivity contribution in [1.29, 1.82) is 0 Å². The Kier molecular flexibility index (Phi) is 7.98. The maximum Gasteiger partial charge on any atom is 0.450 e. The van der Waals surface area contributed by atoms with Gasteiger partial charge in [0.1, 0.15) is 12.1 Å². The molecule has 0 saturated carbocycles. The molecule has 2 aliphatic rings. The fourth-order valence-electron chi connectivity index (χ4n) is 6.50. The number of benzene rings is 2. The molecule has 45 heavy (non-hydrogen) atoms. The van der Waals surface area contributed by atoms with Gasteiger partial charge in [-0.25, -0.2) is 4.98 Å². The second-order valence-corrected chi connectivity index (χ2v) is 11.7. The third-order valence-corrected chi connectivity index (χ3v) is 8.67. The Morgan fingerprint density at radius 2 is 1.76 bits per heavy atom. The largest absolute Gasteiger partial charge is 0.462 e. The molecule has 13 heteroatoms. The van der Waals surface area contributed by atoms with Crippen LogP contribution in [0.3, 0.4) is 0 Å². The van der Waals surface area contributed by atoms with Gasteiger partial charge in [0.25, 0.3) is 5.56 Å². The zero-order valence-electron chi connectivity index (χ0n) is 25.3. The van der Waals surface area contributed by atoms with Crippen molar-refractivity contribution in [3.8, 4) is 11.7 Å². The first-order valence-corrected chi connectivity index (χ1v) is 14.9. The normalized spacial score (nSPS) is 21.1. The van der Waals surface area contributed by atoms with Gasteiger partial charge >= 0.3 is 12.2 Å². The Bertz CT molecular complexity index is 1830. The van der Waals surface area contributed by atoms with E-state index < -0.39 is 17.6 Å². The summed E-state index contributed by atoms with van der Waals surface area (Å²) < 4.78 is 51.0. The molecule has 0 spiro atoms. The third kappa shape index (κ3) is 5.60. The van der Waals surface area contributed by atoms with Gasteiger partial charge in [-0.15, -0.1) is 0 Å². The van der Waals surface area contributed by atoms with Crippen LogP contribution in [0.1, 0.15) is 32.5 Å².